The van der Waals surface area contributed by atoms with Gasteiger partial charge < -0.3 is 9.88 Å². The van der Waals surface area contributed by atoms with Gasteiger partial charge in [0, 0.05) is 17.2 Å². The molecule has 2 rings (SSSR count). The summed E-state index contributed by atoms with van der Waals surface area (Å²) in [5.41, 5.74) is 0.833. The first kappa shape index (κ1) is 15.6. The highest BCUT2D eigenvalue weighted by atomic mass is 79.9. The number of nitrogens with zero attached hydrogens (tertiary/aromatic N) is 1. The lowest BCUT2D eigenvalue weighted by atomic mass is 10.2. The second kappa shape index (κ2) is 6.34. The first-order valence-corrected chi connectivity index (χ1v) is 6.89. The highest BCUT2D eigenvalue weighted by Gasteiger charge is 2.29. The number of carbonyl (C=O) groups excluding carboxylic acids is 1. The van der Waals surface area contributed by atoms with Gasteiger partial charge in [0.2, 0.25) is 0 Å². The highest BCUT2D eigenvalue weighted by molar-refractivity contribution is 9.10. The lowest BCUT2D eigenvalue weighted by Gasteiger charge is -2.12. The van der Waals surface area contributed by atoms with Crippen LogP contribution in [0.3, 0.4) is 0 Å². The van der Waals surface area contributed by atoms with Crippen LogP contribution >= 0.6 is 15.9 Å². The molecule has 0 bridgehead atoms. The molecule has 0 aliphatic rings. The summed E-state index contributed by atoms with van der Waals surface area (Å²) < 4.78 is 38.9. The lowest BCUT2D eigenvalue weighted by molar-refractivity contribution is -0.140. The van der Waals surface area contributed by atoms with E-state index in [1.54, 1.807) is 0 Å². The molecule has 1 aromatic heterocycles. The first-order valence-electron chi connectivity index (χ1n) is 6.10. The van der Waals surface area contributed by atoms with Gasteiger partial charge in [0.25, 0.3) is 5.91 Å². The predicted molar refractivity (Wildman–Crippen MR) is 75.8 cm³/mol. The smallest absolute Gasteiger partial charge is 0.347 e. The summed E-state index contributed by atoms with van der Waals surface area (Å²) in [5, 5.41) is 2.61. The van der Waals surface area contributed by atoms with E-state index < -0.39 is 18.6 Å². The highest BCUT2D eigenvalue weighted by Crippen LogP contribution is 2.19. The Labute approximate surface area is 127 Å². The summed E-state index contributed by atoms with van der Waals surface area (Å²) in [5.74, 6) is -0.542. The van der Waals surface area contributed by atoms with Gasteiger partial charge in [-0.1, -0.05) is 34.1 Å². The van der Waals surface area contributed by atoms with Crippen LogP contribution in [0.2, 0.25) is 0 Å². The number of rotatable bonds is 4. The number of nitrogens with one attached hydrogen (secondary N) is 1. The van der Waals surface area contributed by atoms with Gasteiger partial charge in [0.05, 0.1) is 0 Å². The molecule has 0 radical (unpaired) electrons. The molecule has 0 fully saturated rings. The van der Waals surface area contributed by atoms with Crippen LogP contribution in [0.4, 0.5) is 13.2 Å². The summed E-state index contributed by atoms with van der Waals surface area (Å²) in [6.45, 7) is -0.949. The van der Waals surface area contributed by atoms with Gasteiger partial charge in [-0.25, -0.2) is 0 Å². The summed E-state index contributed by atoms with van der Waals surface area (Å²) in [7, 11) is 0. The van der Waals surface area contributed by atoms with E-state index in [-0.39, 0.29) is 12.2 Å². The summed E-state index contributed by atoms with van der Waals surface area (Å²) >= 11 is 3.34. The second-order valence-electron chi connectivity index (χ2n) is 4.41. The zero-order valence-electron chi connectivity index (χ0n) is 10.8. The third kappa shape index (κ3) is 4.35. The van der Waals surface area contributed by atoms with E-state index in [0.29, 0.717) is 0 Å². The third-order valence-corrected chi connectivity index (χ3v) is 3.58. The van der Waals surface area contributed by atoms with Crippen molar-refractivity contribution in [3.8, 4) is 0 Å². The Balaban J connectivity index is 2.05. The van der Waals surface area contributed by atoms with Gasteiger partial charge in [-0.2, -0.15) is 13.2 Å². The van der Waals surface area contributed by atoms with Gasteiger partial charge in [-0.15, -0.1) is 0 Å². The standard InChI is InChI=1S/C14H12BrF3N2O/c15-11-5-2-1-4-10(11)8-19-13(21)12-6-3-7-20(12)9-14(16,17)18/h1-7H,8-9H2,(H,19,21). The van der Waals surface area contributed by atoms with Gasteiger partial charge >= 0.3 is 6.18 Å². The minimum absolute atomic E-state index is 0.0145. The van der Waals surface area contributed by atoms with Gasteiger partial charge in [-0.05, 0) is 23.8 Å². The molecule has 1 heterocycles. The number of hydrogen-bond acceptors (Lipinski definition) is 1. The molecule has 2 aromatic rings. The van der Waals surface area contributed by atoms with Crippen LogP contribution in [0.5, 0.6) is 0 Å². The SMILES string of the molecule is O=C(NCc1ccccc1Br)c1cccn1CC(F)(F)F. The maximum absolute atomic E-state index is 12.4. The number of amides is 1. The monoisotopic (exact) mass is 360 g/mol. The average molecular weight is 361 g/mol. The Morgan fingerprint density at radius 1 is 1.19 bits per heavy atom. The van der Waals surface area contributed by atoms with E-state index in [4.69, 9.17) is 0 Å². The van der Waals surface area contributed by atoms with Gasteiger partial charge in [0.1, 0.15) is 12.2 Å². The summed E-state index contributed by atoms with van der Waals surface area (Å²) in [6.07, 6.45) is -3.13. The zero-order chi connectivity index (χ0) is 15.5. The molecule has 1 N–H and O–H groups in total. The fourth-order valence-corrected chi connectivity index (χ4v) is 2.28. The first-order chi connectivity index (χ1) is 9.87. The van der Waals surface area contributed by atoms with Crippen molar-refractivity contribution >= 4 is 21.8 Å². The molecule has 7 heteroatoms. The minimum Gasteiger partial charge on any atom is -0.347 e. The van der Waals surface area contributed by atoms with Crippen molar-refractivity contribution in [1.29, 1.82) is 0 Å². The Hall–Kier alpha value is -1.76. The molecule has 21 heavy (non-hydrogen) atoms. The molecule has 0 saturated carbocycles. The zero-order valence-corrected chi connectivity index (χ0v) is 12.4. The number of halogens is 4. The molecule has 0 aliphatic heterocycles. The van der Waals surface area contributed by atoms with Gasteiger partial charge in [-0.3, -0.25) is 4.79 Å². The number of carbonyl (C=O) groups is 1. The van der Waals surface area contributed by atoms with Gasteiger partial charge in [0.15, 0.2) is 0 Å². The fourth-order valence-electron chi connectivity index (χ4n) is 1.86. The largest absolute Gasteiger partial charge is 0.406 e. The molecule has 3 nitrogen and oxygen atoms in total. The van der Waals surface area contributed by atoms with E-state index in [1.807, 2.05) is 24.3 Å². The summed E-state index contributed by atoms with van der Waals surface area (Å²) in [4.78, 5) is 12.0. The Bertz CT molecular complexity index is 637. The molecule has 0 spiro atoms. The molecule has 0 aliphatic carbocycles. The molecule has 0 unspecified atom stereocenters. The number of aromatic nitrogens is 1. The average Bonchev–Trinajstić information content (AvgIpc) is 2.83. The van der Waals surface area contributed by atoms with Crippen molar-refractivity contribution in [3.05, 3.63) is 58.3 Å². The number of hydrogen-bond donors (Lipinski definition) is 1. The van der Waals surface area contributed by atoms with Crippen molar-refractivity contribution < 1.29 is 18.0 Å². The van der Waals surface area contributed by atoms with Crippen LogP contribution in [0.25, 0.3) is 0 Å². The van der Waals surface area contributed by atoms with Crippen LogP contribution in [0, 0.1) is 0 Å². The number of benzene rings is 1. The molecule has 1 amide bonds. The summed E-state index contributed by atoms with van der Waals surface area (Å²) in [6, 6.07) is 10.1. The van der Waals surface area contributed by atoms with Crippen LogP contribution in [0.1, 0.15) is 16.1 Å². The molecule has 1 aromatic carbocycles. The van der Waals surface area contributed by atoms with E-state index in [1.165, 1.54) is 18.3 Å². The lowest BCUT2D eigenvalue weighted by Crippen LogP contribution is -2.28. The van der Waals surface area contributed by atoms with Crippen molar-refractivity contribution in [2.75, 3.05) is 0 Å². The predicted octanol–water partition coefficient (Wildman–Crippen LogP) is 3.74. The molecule has 0 atom stereocenters. The fraction of sp³-hybridized carbons (Fsp3) is 0.214. The van der Waals surface area contributed by atoms with Crippen molar-refractivity contribution in [2.45, 2.75) is 19.3 Å². The third-order valence-electron chi connectivity index (χ3n) is 2.81. The van der Waals surface area contributed by atoms with E-state index in [9.17, 15) is 18.0 Å². The topological polar surface area (TPSA) is 34.0 Å². The second-order valence-corrected chi connectivity index (χ2v) is 5.26. The van der Waals surface area contributed by atoms with Crippen molar-refractivity contribution in [2.24, 2.45) is 0 Å². The molecular weight excluding hydrogens is 349 g/mol. The maximum atomic E-state index is 12.4. The quantitative estimate of drug-likeness (QED) is 0.885. The molecule has 112 valence electrons. The van der Waals surface area contributed by atoms with Crippen LogP contribution < -0.4 is 5.32 Å². The van der Waals surface area contributed by atoms with E-state index >= 15 is 0 Å². The molecular formula is C14H12BrF3N2O. The van der Waals surface area contributed by atoms with Crippen LogP contribution in [0.15, 0.2) is 47.1 Å². The van der Waals surface area contributed by atoms with Crippen LogP contribution in [-0.2, 0) is 13.1 Å². The Morgan fingerprint density at radius 3 is 2.57 bits per heavy atom. The van der Waals surface area contributed by atoms with Crippen molar-refractivity contribution in [3.63, 3.8) is 0 Å². The number of alkyl halides is 3. The normalized spacial score (nSPS) is 11.4. The Kier molecular flexibility index (Phi) is 4.72. The van der Waals surface area contributed by atoms with E-state index in [0.717, 1.165) is 14.6 Å². The maximum Gasteiger partial charge on any atom is 0.406 e. The Morgan fingerprint density at radius 2 is 1.90 bits per heavy atom. The minimum atomic E-state index is -4.36. The van der Waals surface area contributed by atoms with E-state index in [2.05, 4.69) is 21.2 Å². The molecule has 0 saturated heterocycles. The van der Waals surface area contributed by atoms with Crippen LogP contribution in [-0.4, -0.2) is 16.7 Å². The van der Waals surface area contributed by atoms with Crippen molar-refractivity contribution in [1.82, 2.24) is 9.88 Å².